The van der Waals surface area contributed by atoms with E-state index in [-0.39, 0.29) is 11.9 Å². The zero-order chi connectivity index (χ0) is 12.6. The van der Waals surface area contributed by atoms with Gasteiger partial charge in [0.2, 0.25) is 5.91 Å². The third-order valence-electron chi connectivity index (χ3n) is 1.38. The fraction of sp³-hybridized carbons (Fsp3) is 0.625. The van der Waals surface area contributed by atoms with E-state index in [9.17, 15) is 4.79 Å². The second-order valence-corrected chi connectivity index (χ2v) is 2.86. The van der Waals surface area contributed by atoms with Crippen molar-refractivity contribution < 1.29 is 24.6 Å². The van der Waals surface area contributed by atoms with Gasteiger partial charge in [-0.1, -0.05) is 6.92 Å². The van der Waals surface area contributed by atoms with Gasteiger partial charge in [0.15, 0.2) is 0 Å². The first-order chi connectivity index (χ1) is 6.73. The van der Waals surface area contributed by atoms with Gasteiger partial charge in [0.25, 0.3) is 0 Å². The molecular weight excluding hydrogens is 204 g/mol. The van der Waals surface area contributed by atoms with Gasteiger partial charge >= 0.3 is 11.9 Å². The lowest BCUT2D eigenvalue weighted by molar-refractivity contribution is -0.159. The molecule has 0 radical (unpaired) electrons. The number of carbonyl (C=O) groups is 3. The number of hydrogen-bond acceptors (Lipinski definition) is 4. The highest BCUT2D eigenvalue weighted by Crippen LogP contribution is 1.89. The molecule has 0 aliphatic heterocycles. The van der Waals surface area contributed by atoms with Crippen LogP contribution in [0.3, 0.4) is 0 Å². The molecule has 1 atom stereocenters. The van der Waals surface area contributed by atoms with Crippen LogP contribution in [0.2, 0.25) is 0 Å². The summed E-state index contributed by atoms with van der Waals surface area (Å²) in [6.45, 7) is 1.89. The molecule has 0 aromatic heterocycles. The van der Waals surface area contributed by atoms with E-state index in [1.54, 1.807) is 14.1 Å². The Morgan fingerprint density at radius 3 is 1.60 bits per heavy atom. The molecule has 0 aliphatic rings. The number of nitrogens with zero attached hydrogens (tertiary/aromatic N) is 1. The van der Waals surface area contributed by atoms with Crippen LogP contribution in [0.4, 0.5) is 0 Å². The van der Waals surface area contributed by atoms with Crippen LogP contribution in [0.15, 0.2) is 0 Å². The van der Waals surface area contributed by atoms with Gasteiger partial charge in [0.1, 0.15) is 0 Å². The fourth-order valence-corrected chi connectivity index (χ4v) is 0.506. The van der Waals surface area contributed by atoms with Crippen molar-refractivity contribution in [1.82, 2.24) is 4.90 Å². The molecule has 0 heterocycles. The summed E-state index contributed by atoms with van der Waals surface area (Å²) in [4.78, 5) is 30.6. The maximum absolute atomic E-state index is 10.9. The first-order valence-electron chi connectivity index (χ1n) is 4.16. The predicted octanol–water partition coefficient (Wildman–Crippen LogP) is -1.03. The van der Waals surface area contributed by atoms with E-state index >= 15 is 0 Å². The number of nitrogens with two attached hydrogens (primary N) is 1. The van der Waals surface area contributed by atoms with Crippen molar-refractivity contribution in [2.75, 3.05) is 14.1 Å². The average Bonchev–Trinajstić information content (AvgIpc) is 2.16. The summed E-state index contributed by atoms with van der Waals surface area (Å²) in [5, 5.41) is 14.8. The number of amides is 1. The van der Waals surface area contributed by atoms with Gasteiger partial charge < -0.3 is 20.8 Å². The average molecular weight is 220 g/mol. The van der Waals surface area contributed by atoms with Crippen LogP contribution in [0.25, 0.3) is 0 Å². The van der Waals surface area contributed by atoms with Crippen molar-refractivity contribution in [3.05, 3.63) is 0 Å². The summed E-state index contributed by atoms with van der Waals surface area (Å²) in [5.74, 6) is -3.65. The van der Waals surface area contributed by atoms with E-state index in [0.717, 1.165) is 0 Å². The predicted molar refractivity (Wildman–Crippen MR) is 52.2 cm³/mol. The van der Waals surface area contributed by atoms with Crippen LogP contribution in [-0.2, 0) is 14.4 Å². The molecule has 7 nitrogen and oxygen atoms in total. The van der Waals surface area contributed by atoms with Crippen molar-refractivity contribution in [3.63, 3.8) is 0 Å². The molecule has 0 aromatic carbocycles. The Morgan fingerprint density at radius 2 is 1.53 bits per heavy atom. The van der Waals surface area contributed by atoms with Crippen LogP contribution in [0, 0.1) is 0 Å². The topological polar surface area (TPSA) is 121 Å². The standard InChI is InChI=1S/C6H14N2O.C2H2O4/c1-4-5(7)6(9)8(2)3;3-1(4)2(5)6/h5H,4,7H2,1-3H3;(H,3,4)(H,5,6). The molecule has 0 saturated carbocycles. The summed E-state index contributed by atoms with van der Waals surface area (Å²) in [7, 11) is 3.41. The van der Waals surface area contributed by atoms with Crippen LogP contribution < -0.4 is 5.73 Å². The van der Waals surface area contributed by atoms with Crippen molar-refractivity contribution >= 4 is 17.8 Å². The molecule has 0 rings (SSSR count). The van der Waals surface area contributed by atoms with Gasteiger partial charge in [-0.15, -0.1) is 0 Å². The van der Waals surface area contributed by atoms with Crippen molar-refractivity contribution in [1.29, 1.82) is 0 Å². The number of aliphatic carboxylic acids is 2. The molecule has 0 aromatic rings. The largest absolute Gasteiger partial charge is 0.473 e. The second kappa shape index (κ2) is 7.74. The number of likely N-dealkylation sites (N-methyl/N-ethyl adjacent to an activating group) is 1. The Balaban J connectivity index is 0. The van der Waals surface area contributed by atoms with E-state index < -0.39 is 11.9 Å². The highest BCUT2D eigenvalue weighted by Gasteiger charge is 2.11. The SMILES string of the molecule is CCC(N)C(=O)N(C)C.O=C(O)C(=O)O. The number of carboxylic acid groups (broad SMARTS) is 2. The van der Waals surface area contributed by atoms with E-state index in [1.165, 1.54) is 4.90 Å². The molecule has 0 aliphatic carbocycles. The van der Waals surface area contributed by atoms with Gasteiger partial charge in [-0.2, -0.15) is 0 Å². The number of carbonyl (C=O) groups excluding carboxylic acids is 1. The third kappa shape index (κ3) is 8.69. The summed E-state index contributed by atoms with van der Waals surface area (Å²) >= 11 is 0. The molecule has 88 valence electrons. The molecular formula is C8H16N2O5. The first kappa shape index (κ1) is 15.8. The summed E-state index contributed by atoms with van der Waals surface area (Å²) in [5.41, 5.74) is 5.43. The maximum Gasteiger partial charge on any atom is 0.414 e. The van der Waals surface area contributed by atoms with E-state index in [0.29, 0.717) is 6.42 Å². The van der Waals surface area contributed by atoms with Gasteiger partial charge in [0.05, 0.1) is 6.04 Å². The Labute approximate surface area is 87.5 Å². The molecule has 0 fully saturated rings. The van der Waals surface area contributed by atoms with Crippen molar-refractivity contribution in [3.8, 4) is 0 Å². The molecule has 0 bridgehead atoms. The summed E-state index contributed by atoms with van der Waals surface area (Å²) in [6, 6.07) is -0.319. The summed E-state index contributed by atoms with van der Waals surface area (Å²) in [6.07, 6.45) is 0.705. The number of carboxylic acids is 2. The van der Waals surface area contributed by atoms with Crippen molar-refractivity contribution in [2.24, 2.45) is 5.73 Å². The Kier molecular flexibility index (Phi) is 8.17. The zero-order valence-corrected chi connectivity index (χ0v) is 8.93. The molecule has 15 heavy (non-hydrogen) atoms. The molecule has 0 saturated heterocycles. The molecule has 0 spiro atoms. The minimum absolute atomic E-state index is 0.00231. The fourth-order valence-electron chi connectivity index (χ4n) is 0.506. The summed E-state index contributed by atoms with van der Waals surface area (Å²) < 4.78 is 0. The minimum atomic E-state index is -1.82. The monoisotopic (exact) mass is 220 g/mol. The minimum Gasteiger partial charge on any atom is -0.473 e. The maximum atomic E-state index is 10.9. The van der Waals surface area contributed by atoms with Gasteiger partial charge in [-0.3, -0.25) is 4.79 Å². The lowest BCUT2D eigenvalue weighted by Gasteiger charge is -2.14. The highest BCUT2D eigenvalue weighted by molar-refractivity contribution is 6.27. The molecule has 1 unspecified atom stereocenters. The molecule has 7 heteroatoms. The first-order valence-corrected chi connectivity index (χ1v) is 4.16. The Bertz CT molecular complexity index is 227. The Morgan fingerprint density at radius 1 is 1.20 bits per heavy atom. The zero-order valence-electron chi connectivity index (χ0n) is 8.93. The molecule has 1 amide bonds. The van der Waals surface area contributed by atoms with Crippen LogP contribution in [0.1, 0.15) is 13.3 Å². The Hall–Kier alpha value is -1.63. The van der Waals surface area contributed by atoms with E-state index in [1.807, 2.05) is 6.92 Å². The van der Waals surface area contributed by atoms with Crippen LogP contribution in [-0.4, -0.2) is 53.1 Å². The van der Waals surface area contributed by atoms with Gasteiger partial charge in [-0.05, 0) is 6.42 Å². The lowest BCUT2D eigenvalue weighted by Crippen LogP contribution is -2.39. The van der Waals surface area contributed by atoms with Gasteiger partial charge in [0, 0.05) is 14.1 Å². The third-order valence-corrected chi connectivity index (χ3v) is 1.38. The van der Waals surface area contributed by atoms with Crippen LogP contribution >= 0.6 is 0 Å². The quantitative estimate of drug-likeness (QED) is 0.511. The van der Waals surface area contributed by atoms with Crippen LogP contribution in [0.5, 0.6) is 0 Å². The smallest absolute Gasteiger partial charge is 0.414 e. The second-order valence-electron chi connectivity index (χ2n) is 2.86. The molecule has 4 N–H and O–H groups in total. The number of hydrogen-bond donors (Lipinski definition) is 3. The van der Waals surface area contributed by atoms with E-state index in [4.69, 9.17) is 25.5 Å². The number of rotatable bonds is 2. The normalized spacial score (nSPS) is 10.7. The van der Waals surface area contributed by atoms with Crippen molar-refractivity contribution in [2.45, 2.75) is 19.4 Å². The van der Waals surface area contributed by atoms with Gasteiger partial charge in [-0.25, -0.2) is 9.59 Å². The lowest BCUT2D eigenvalue weighted by atomic mass is 10.2. The highest BCUT2D eigenvalue weighted by atomic mass is 16.4. The van der Waals surface area contributed by atoms with E-state index in [2.05, 4.69) is 0 Å².